The summed E-state index contributed by atoms with van der Waals surface area (Å²) in [5, 5.41) is 8.65. The van der Waals surface area contributed by atoms with Crippen molar-refractivity contribution in [3.63, 3.8) is 0 Å². The number of hydrogen-bond acceptors (Lipinski definition) is 5. The number of hydrogen-bond donors (Lipinski definition) is 1. The maximum Gasteiger partial charge on any atom is 0.0698 e. The minimum atomic E-state index is 0.0826. The van der Waals surface area contributed by atoms with Gasteiger partial charge in [0.05, 0.1) is 33.0 Å². The molecule has 0 bridgehead atoms. The van der Waals surface area contributed by atoms with Gasteiger partial charge in [0.15, 0.2) is 0 Å². The van der Waals surface area contributed by atoms with Crippen LogP contribution >= 0.6 is 0 Å². The molecule has 0 saturated carbocycles. The molecular weight excluding hydrogens is 246 g/mol. The highest BCUT2D eigenvalue weighted by Crippen LogP contribution is 1.92. The van der Waals surface area contributed by atoms with Gasteiger partial charge >= 0.3 is 0 Å². The maximum absolute atomic E-state index is 8.65. The van der Waals surface area contributed by atoms with E-state index in [0.717, 1.165) is 58.9 Å². The highest BCUT2D eigenvalue weighted by molar-refractivity contribution is 4.57. The Morgan fingerprint density at radius 3 is 1.47 bits per heavy atom. The van der Waals surface area contributed by atoms with Crippen molar-refractivity contribution in [2.24, 2.45) is 0 Å². The molecule has 0 saturated heterocycles. The molecule has 0 fully saturated rings. The molecule has 0 aliphatic rings. The molecule has 1 N–H and O–H groups in total. The number of aliphatic hydroxyl groups is 1. The number of aliphatic hydroxyl groups excluding tert-OH is 1. The normalized spacial score (nSPS) is 11.4. The van der Waals surface area contributed by atoms with Crippen LogP contribution in [0.5, 0.6) is 0 Å². The highest BCUT2D eigenvalue weighted by Gasteiger charge is 2.04. The summed E-state index contributed by atoms with van der Waals surface area (Å²) in [4.78, 5) is 2.28. The number of rotatable bonds is 15. The van der Waals surface area contributed by atoms with Gasteiger partial charge in [0, 0.05) is 32.8 Å². The smallest absolute Gasteiger partial charge is 0.0698 e. The SMILES string of the molecule is CCCOCCN(CCOCCC)CCOCCO. The predicted molar refractivity (Wildman–Crippen MR) is 76.6 cm³/mol. The Morgan fingerprint density at radius 2 is 1.11 bits per heavy atom. The molecular formula is C14H31NO4. The summed E-state index contributed by atoms with van der Waals surface area (Å²) in [6.45, 7) is 11.2. The predicted octanol–water partition coefficient (Wildman–Crippen LogP) is 1.15. The monoisotopic (exact) mass is 277 g/mol. The largest absolute Gasteiger partial charge is 0.394 e. The summed E-state index contributed by atoms with van der Waals surface area (Å²) in [7, 11) is 0. The summed E-state index contributed by atoms with van der Waals surface area (Å²) in [5.74, 6) is 0. The topological polar surface area (TPSA) is 51.2 Å². The molecule has 19 heavy (non-hydrogen) atoms. The Hall–Kier alpha value is -0.200. The van der Waals surface area contributed by atoms with Crippen molar-refractivity contribution in [2.45, 2.75) is 26.7 Å². The first-order valence-electron chi connectivity index (χ1n) is 7.41. The average Bonchev–Trinajstić information content (AvgIpc) is 2.43. The highest BCUT2D eigenvalue weighted by atomic mass is 16.5. The number of ether oxygens (including phenoxy) is 3. The summed E-state index contributed by atoms with van der Waals surface area (Å²) in [6, 6.07) is 0. The lowest BCUT2D eigenvalue weighted by molar-refractivity contribution is 0.0441. The Bertz CT molecular complexity index is 141. The van der Waals surface area contributed by atoms with E-state index < -0.39 is 0 Å². The minimum absolute atomic E-state index is 0.0826. The zero-order valence-corrected chi connectivity index (χ0v) is 12.6. The molecule has 0 aliphatic carbocycles. The fraction of sp³-hybridized carbons (Fsp3) is 1.00. The Balaban J connectivity index is 3.66. The lowest BCUT2D eigenvalue weighted by Crippen LogP contribution is -2.34. The minimum Gasteiger partial charge on any atom is -0.394 e. The van der Waals surface area contributed by atoms with Crippen molar-refractivity contribution in [3.8, 4) is 0 Å². The van der Waals surface area contributed by atoms with Gasteiger partial charge < -0.3 is 19.3 Å². The third kappa shape index (κ3) is 14.0. The van der Waals surface area contributed by atoms with Gasteiger partial charge in [0.2, 0.25) is 0 Å². The first-order chi connectivity index (χ1) is 9.35. The first-order valence-corrected chi connectivity index (χ1v) is 7.41. The van der Waals surface area contributed by atoms with E-state index in [9.17, 15) is 0 Å². The Labute approximate surface area is 117 Å². The molecule has 0 radical (unpaired) electrons. The molecule has 5 heteroatoms. The summed E-state index contributed by atoms with van der Waals surface area (Å²) < 4.78 is 16.3. The molecule has 0 unspecified atom stereocenters. The van der Waals surface area contributed by atoms with E-state index in [0.29, 0.717) is 13.2 Å². The molecule has 0 aromatic carbocycles. The molecule has 0 amide bonds. The standard InChI is InChI=1S/C14H31NO4/c1-3-9-17-11-5-15(6-12-18-10-4-2)7-13-19-14-8-16/h16H,3-14H2,1-2H3. The molecule has 116 valence electrons. The van der Waals surface area contributed by atoms with Crippen LogP contribution in [0.2, 0.25) is 0 Å². The quantitative estimate of drug-likeness (QED) is 0.455. The van der Waals surface area contributed by atoms with Gasteiger partial charge in [0.1, 0.15) is 0 Å². The summed E-state index contributed by atoms with van der Waals surface area (Å²) in [6.07, 6.45) is 2.11. The number of nitrogens with zero attached hydrogens (tertiary/aromatic N) is 1. The van der Waals surface area contributed by atoms with E-state index in [-0.39, 0.29) is 6.61 Å². The molecule has 0 rings (SSSR count). The van der Waals surface area contributed by atoms with Crippen molar-refractivity contribution in [3.05, 3.63) is 0 Å². The Kier molecular flexibility index (Phi) is 15.7. The van der Waals surface area contributed by atoms with E-state index >= 15 is 0 Å². The summed E-state index contributed by atoms with van der Waals surface area (Å²) in [5.41, 5.74) is 0. The van der Waals surface area contributed by atoms with E-state index in [1.165, 1.54) is 0 Å². The van der Waals surface area contributed by atoms with Gasteiger partial charge in [-0.25, -0.2) is 0 Å². The molecule has 0 atom stereocenters. The summed E-state index contributed by atoms with van der Waals surface area (Å²) >= 11 is 0. The van der Waals surface area contributed by atoms with Crippen LogP contribution in [0.25, 0.3) is 0 Å². The van der Waals surface area contributed by atoms with Crippen LogP contribution in [0.15, 0.2) is 0 Å². The lowest BCUT2D eigenvalue weighted by Gasteiger charge is -2.22. The van der Waals surface area contributed by atoms with Gasteiger partial charge in [-0.05, 0) is 12.8 Å². The van der Waals surface area contributed by atoms with Crippen molar-refractivity contribution in [1.29, 1.82) is 0 Å². The Morgan fingerprint density at radius 1 is 0.684 bits per heavy atom. The van der Waals surface area contributed by atoms with Gasteiger partial charge in [-0.1, -0.05) is 13.8 Å². The van der Waals surface area contributed by atoms with Crippen LogP contribution < -0.4 is 0 Å². The van der Waals surface area contributed by atoms with E-state index in [1.54, 1.807) is 0 Å². The molecule has 0 aromatic rings. The third-order valence-corrected chi connectivity index (χ3v) is 2.59. The van der Waals surface area contributed by atoms with Crippen LogP contribution in [-0.4, -0.2) is 75.9 Å². The molecule has 0 heterocycles. The molecule has 5 nitrogen and oxygen atoms in total. The van der Waals surface area contributed by atoms with Gasteiger partial charge in [0.25, 0.3) is 0 Å². The first kappa shape index (κ1) is 18.8. The van der Waals surface area contributed by atoms with Crippen molar-refractivity contribution >= 4 is 0 Å². The second kappa shape index (κ2) is 15.9. The van der Waals surface area contributed by atoms with Crippen LogP contribution in [0, 0.1) is 0 Å². The van der Waals surface area contributed by atoms with Crippen LogP contribution in [0.3, 0.4) is 0 Å². The van der Waals surface area contributed by atoms with Gasteiger partial charge in [-0.3, -0.25) is 4.90 Å². The van der Waals surface area contributed by atoms with E-state index in [1.807, 2.05) is 0 Å². The van der Waals surface area contributed by atoms with Gasteiger partial charge in [-0.2, -0.15) is 0 Å². The molecule has 0 aromatic heterocycles. The van der Waals surface area contributed by atoms with Crippen molar-refractivity contribution < 1.29 is 19.3 Å². The van der Waals surface area contributed by atoms with Crippen LogP contribution in [0.1, 0.15) is 26.7 Å². The average molecular weight is 277 g/mol. The van der Waals surface area contributed by atoms with Crippen LogP contribution in [-0.2, 0) is 14.2 Å². The zero-order chi connectivity index (χ0) is 14.2. The van der Waals surface area contributed by atoms with E-state index in [4.69, 9.17) is 19.3 Å². The van der Waals surface area contributed by atoms with E-state index in [2.05, 4.69) is 18.7 Å². The fourth-order valence-corrected chi connectivity index (χ4v) is 1.58. The third-order valence-electron chi connectivity index (χ3n) is 2.59. The fourth-order valence-electron chi connectivity index (χ4n) is 1.58. The van der Waals surface area contributed by atoms with Crippen molar-refractivity contribution in [2.75, 3.05) is 65.9 Å². The maximum atomic E-state index is 8.65. The molecule has 0 spiro atoms. The second-order valence-corrected chi connectivity index (χ2v) is 4.40. The second-order valence-electron chi connectivity index (χ2n) is 4.40. The van der Waals surface area contributed by atoms with Gasteiger partial charge in [-0.15, -0.1) is 0 Å². The lowest BCUT2D eigenvalue weighted by atomic mass is 10.4. The zero-order valence-electron chi connectivity index (χ0n) is 12.6. The van der Waals surface area contributed by atoms with Crippen LogP contribution in [0.4, 0.5) is 0 Å². The van der Waals surface area contributed by atoms with Crippen molar-refractivity contribution in [1.82, 2.24) is 4.90 Å². The molecule has 0 aliphatic heterocycles.